The minimum Gasteiger partial charge on any atom is -0.373 e. The summed E-state index contributed by atoms with van der Waals surface area (Å²) in [5.74, 6) is -2.05. The lowest BCUT2D eigenvalue weighted by Gasteiger charge is -2.25. The Morgan fingerprint density at radius 3 is 2.08 bits per heavy atom. The van der Waals surface area contributed by atoms with Crippen LogP contribution in [-0.4, -0.2) is 47.5 Å². The second-order valence-corrected chi connectivity index (χ2v) is 7.67. The molecule has 0 spiro atoms. The lowest BCUT2D eigenvalue weighted by atomic mass is 10.1. The minimum atomic E-state index is -5.21. The largest absolute Gasteiger partial charge is 0.426 e. The molecule has 0 saturated carbocycles. The fourth-order valence-electron chi connectivity index (χ4n) is 1.40. The number of rotatable bonds is 4. The molecule has 0 fully saturated rings. The third kappa shape index (κ3) is 5.19. The summed E-state index contributed by atoms with van der Waals surface area (Å²) < 4.78 is 61.3. The summed E-state index contributed by atoms with van der Waals surface area (Å²) in [5, 5.41) is 22.1. The molecule has 1 aromatic rings. The zero-order chi connectivity index (χ0) is 20.2. The average molecular weight is 428 g/mol. The fourth-order valence-corrected chi connectivity index (χ4v) is 3.14. The van der Waals surface area contributed by atoms with E-state index in [1.807, 2.05) is 0 Å². The van der Waals surface area contributed by atoms with E-state index in [0.717, 1.165) is 12.1 Å². The molecule has 1 rings (SSSR count). The first-order valence-corrected chi connectivity index (χ1v) is 8.67. The molecule has 13 heteroatoms. The van der Waals surface area contributed by atoms with E-state index in [2.05, 4.69) is 0 Å². The minimum absolute atomic E-state index is 0.266. The molecule has 0 aliphatic rings. The highest BCUT2D eigenvalue weighted by Gasteiger charge is 2.55. The van der Waals surface area contributed by atoms with Crippen LogP contribution in [0.2, 0.25) is 10.0 Å². The standard InChI is InChI=1S/C12H12Cl2F3NO4S.H2O2/c1-3-23(21,22)7-5-4-6(8(13)9(7)14)18-10(19)11(2,20)12(15,16)17;1-2/h4-5,20H,3H2,1-2H3,(H,18,19);1-2H/t11-;/m1./s1. The van der Waals surface area contributed by atoms with Gasteiger partial charge in [-0.05, 0) is 19.1 Å². The van der Waals surface area contributed by atoms with Crippen LogP contribution in [0.25, 0.3) is 0 Å². The summed E-state index contributed by atoms with van der Waals surface area (Å²) in [4.78, 5) is 11.3. The van der Waals surface area contributed by atoms with Gasteiger partial charge < -0.3 is 10.4 Å². The Hall–Kier alpha value is -1.11. The van der Waals surface area contributed by atoms with E-state index < -0.39 is 37.6 Å². The Bertz CT molecular complexity index is 737. The Morgan fingerprint density at radius 1 is 1.20 bits per heavy atom. The Kier molecular flexibility index (Phi) is 8.14. The van der Waals surface area contributed by atoms with Crippen LogP contribution >= 0.6 is 23.2 Å². The first kappa shape index (κ1) is 23.9. The summed E-state index contributed by atoms with van der Waals surface area (Å²) in [6.45, 7) is 1.64. The van der Waals surface area contributed by atoms with Crippen LogP contribution in [0.1, 0.15) is 13.8 Å². The van der Waals surface area contributed by atoms with Gasteiger partial charge in [0.25, 0.3) is 5.91 Å². The Balaban J connectivity index is 0.00000277. The second kappa shape index (κ2) is 8.52. The number of nitrogens with one attached hydrogen (secondary N) is 1. The van der Waals surface area contributed by atoms with Gasteiger partial charge in [-0.1, -0.05) is 30.1 Å². The van der Waals surface area contributed by atoms with Gasteiger partial charge in [0.2, 0.25) is 5.60 Å². The van der Waals surface area contributed by atoms with Crippen molar-refractivity contribution in [3.05, 3.63) is 22.2 Å². The van der Waals surface area contributed by atoms with Crippen molar-refractivity contribution in [2.24, 2.45) is 0 Å². The van der Waals surface area contributed by atoms with Crippen molar-refractivity contribution in [2.45, 2.75) is 30.5 Å². The number of anilines is 1. The first-order valence-electron chi connectivity index (χ1n) is 6.27. The highest BCUT2D eigenvalue weighted by Crippen LogP contribution is 2.37. The topological polar surface area (TPSA) is 124 Å². The smallest absolute Gasteiger partial charge is 0.373 e. The number of amides is 1. The number of halogens is 5. The van der Waals surface area contributed by atoms with Gasteiger partial charge in [-0.15, -0.1) is 0 Å². The van der Waals surface area contributed by atoms with Gasteiger partial charge in [-0.2, -0.15) is 13.2 Å². The monoisotopic (exact) mass is 427 g/mol. The average Bonchev–Trinajstić information content (AvgIpc) is 2.52. The maximum Gasteiger partial charge on any atom is 0.426 e. The van der Waals surface area contributed by atoms with E-state index in [1.165, 1.54) is 6.92 Å². The maximum atomic E-state index is 12.6. The molecule has 0 unspecified atom stereocenters. The van der Waals surface area contributed by atoms with Crippen molar-refractivity contribution < 1.29 is 42.0 Å². The van der Waals surface area contributed by atoms with Gasteiger partial charge in [0.1, 0.15) is 0 Å². The van der Waals surface area contributed by atoms with Crippen LogP contribution in [0.5, 0.6) is 0 Å². The van der Waals surface area contributed by atoms with Crippen LogP contribution < -0.4 is 5.32 Å². The van der Waals surface area contributed by atoms with Gasteiger partial charge in [0.15, 0.2) is 9.84 Å². The number of sulfone groups is 1. The molecule has 1 amide bonds. The van der Waals surface area contributed by atoms with Crippen molar-refractivity contribution in [3.63, 3.8) is 0 Å². The molecule has 0 aromatic heterocycles. The van der Waals surface area contributed by atoms with Crippen molar-refractivity contribution in [3.8, 4) is 0 Å². The van der Waals surface area contributed by atoms with E-state index >= 15 is 0 Å². The molecule has 4 N–H and O–H groups in total. The second-order valence-electron chi connectivity index (χ2n) is 4.67. The van der Waals surface area contributed by atoms with E-state index in [0.29, 0.717) is 0 Å². The number of benzene rings is 1. The first-order chi connectivity index (χ1) is 11.3. The van der Waals surface area contributed by atoms with Crippen LogP contribution in [0.15, 0.2) is 17.0 Å². The number of hydrogen-bond donors (Lipinski definition) is 4. The predicted octanol–water partition coefficient (Wildman–Crippen LogP) is 3.06. The third-order valence-electron chi connectivity index (χ3n) is 3.00. The van der Waals surface area contributed by atoms with Crippen molar-refractivity contribution in [2.75, 3.05) is 11.1 Å². The Labute approximate surface area is 150 Å². The molecule has 0 radical (unpaired) electrons. The fraction of sp³-hybridized carbons (Fsp3) is 0.417. The molecule has 25 heavy (non-hydrogen) atoms. The van der Waals surface area contributed by atoms with Gasteiger partial charge >= 0.3 is 6.18 Å². The summed E-state index contributed by atoms with van der Waals surface area (Å²) in [6, 6.07) is 1.99. The summed E-state index contributed by atoms with van der Waals surface area (Å²) in [5.41, 5.74) is -4.02. The lowest BCUT2D eigenvalue weighted by molar-refractivity contribution is -0.242. The maximum absolute atomic E-state index is 12.6. The molecule has 0 aliphatic heterocycles. The highest BCUT2D eigenvalue weighted by molar-refractivity contribution is 7.91. The molecule has 1 atom stereocenters. The quantitative estimate of drug-likeness (QED) is 0.432. The van der Waals surface area contributed by atoms with Crippen molar-refractivity contribution in [1.29, 1.82) is 0 Å². The molecule has 1 aromatic carbocycles. The number of hydrogen-bond acceptors (Lipinski definition) is 6. The summed E-state index contributed by atoms with van der Waals surface area (Å²) in [7, 11) is -3.71. The van der Waals surface area contributed by atoms with Crippen LogP contribution in [0, 0.1) is 0 Å². The molecule has 7 nitrogen and oxygen atoms in total. The molecular formula is C12H14Cl2F3NO6S. The van der Waals surface area contributed by atoms with Crippen LogP contribution in [0.4, 0.5) is 18.9 Å². The third-order valence-corrected chi connectivity index (χ3v) is 5.77. The number of aliphatic hydroxyl groups is 1. The van der Waals surface area contributed by atoms with Gasteiger partial charge in [-0.25, -0.2) is 8.42 Å². The van der Waals surface area contributed by atoms with Crippen molar-refractivity contribution in [1.82, 2.24) is 0 Å². The predicted molar refractivity (Wildman–Crippen MR) is 84.8 cm³/mol. The highest BCUT2D eigenvalue weighted by atomic mass is 35.5. The molecular weight excluding hydrogens is 414 g/mol. The van der Waals surface area contributed by atoms with Gasteiger partial charge in [0.05, 0.1) is 26.4 Å². The zero-order valence-electron chi connectivity index (χ0n) is 12.7. The van der Waals surface area contributed by atoms with Gasteiger partial charge in [0, 0.05) is 0 Å². The van der Waals surface area contributed by atoms with Crippen LogP contribution in [0.3, 0.4) is 0 Å². The Morgan fingerprint density at radius 2 is 1.68 bits per heavy atom. The number of alkyl halides is 3. The molecule has 0 aliphatic carbocycles. The molecule has 0 heterocycles. The van der Waals surface area contributed by atoms with E-state index in [9.17, 15) is 31.5 Å². The summed E-state index contributed by atoms with van der Waals surface area (Å²) in [6.07, 6.45) is -5.21. The molecule has 144 valence electrons. The van der Waals surface area contributed by atoms with Gasteiger partial charge in [-0.3, -0.25) is 15.3 Å². The van der Waals surface area contributed by atoms with Crippen LogP contribution in [-0.2, 0) is 14.6 Å². The normalized spacial score (nSPS) is 14.2. The lowest BCUT2D eigenvalue weighted by Crippen LogP contribution is -2.52. The SMILES string of the molecule is CCS(=O)(=O)c1ccc(NC(=O)[C@@](C)(O)C(F)(F)F)c(Cl)c1Cl.OO. The zero-order valence-corrected chi connectivity index (χ0v) is 15.1. The van der Waals surface area contributed by atoms with E-state index in [1.54, 1.807) is 5.32 Å². The molecule has 0 saturated heterocycles. The number of carbonyl (C=O) groups excluding carboxylic acids is 1. The number of carbonyl (C=O) groups is 1. The van der Waals surface area contributed by atoms with E-state index in [4.69, 9.17) is 33.7 Å². The molecule has 0 bridgehead atoms. The van der Waals surface area contributed by atoms with E-state index in [-0.39, 0.29) is 23.3 Å². The van der Waals surface area contributed by atoms with Crippen molar-refractivity contribution >= 4 is 44.6 Å². The summed E-state index contributed by atoms with van der Waals surface area (Å²) >= 11 is 11.6.